The Bertz CT molecular complexity index is 378. The van der Waals surface area contributed by atoms with Gasteiger partial charge in [0.25, 0.3) is 0 Å². The Kier molecular flexibility index (Phi) is 10.2. The van der Waals surface area contributed by atoms with Gasteiger partial charge in [-0.2, -0.15) is 11.3 Å². The molecule has 0 atom stereocenters. The summed E-state index contributed by atoms with van der Waals surface area (Å²) in [4.78, 5) is 0. The van der Waals surface area contributed by atoms with Crippen molar-refractivity contribution in [2.45, 2.75) is 65.8 Å². The molecule has 0 aliphatic rings. The van der Waals surface area contributed by atoms with E-state index in [2.05, 4.69) is 17.7 Å². The molecule has 0 aliphatic heterocycles. The topological polar surface area (TPSA) is 27.7 Å². The minimum atomic E-state index is -2.47. The zero-order valence-electron chi connectivity index (χ0n) is 14.7. The second-order valence-corrected chi connectivity index (χ2v) is 8.84. The fourth-order valence-corrected chi connectivity index (χ4v) is 6.20. The maximum absolute atomic E-state index is 5.92. The molecule has 22 heavy (non-hydrogen) atoms. The van der Waals surface area contributed by atoms with E-state index in [0.717, 1.165) is 18.9 Å². The van der Waals surface area contributed by atoms with Crippen molar-refractivity contribution in [2.24, 2.45) is 0 Å². The van der Waals surface area contributed by atoms with Crippen LogP contribution in [0.3, 0.4) is 0 Å². The van der Waals surface area contributed by atoms with Crippen LogP contribution < -0.4 is 0 Å². The summed E-state index contributed by atoms with van der Waals surface area (Å²) < 4.78 is 17.8. The quantitative estimate of drug-likeness (QED) is 0.467. The van der Waals surface area contributed by atoms with Gasteiger partial charge >= 0.3 is 8.80 Å². The zero-order chi connectivity index (χ0) is 16.3. The van der Waals surface area contributed by atoms with Crippen molar-refractivity contribution < 1.29 is 13.3 Å². The van der Waals surface area contributed by atoms with E-state index in [1.165, 1.54) is 30.4 Å². The van der Waals surface area contributed by atoms with E-state index in [1.54, 1.807) is 0 Å². The predicted octanol–water partition coefficient (Wildman–Crippen LogP) is 5.07. The fourth-order valence-electron chi connectivity index (χ4n) is 2.65. The van der Waals surface area contributed by atoms with Crippen LogP contribution in [-0.4, -0.2) is 28.6 Å². The highest BCUT2D eigenvalue weighted by Crippen LogP contribution is 2.23. The molecule has 0 fully saturated rings. The summed E-state index contributed by atoms with van der Waals surface area (Å²) in [5.41, 5.74) is 3.04. The zero-order valence-corrected chi connectivity index (χ0v) is 16.5. The molecule has 0 amide bonds. The molecule has 0 N–H and O–H groups in total. The van der Waals surface area contributed by atoms with Crippen molar-refractivity contribution in [2.75, 3.05) is 19.8 Å². The summed E-state index contributed by atoms with van der Waals surface area (Å²) in [7, 11) is -2.47. The number of thiophene rings is 1. The van der Waals surface area contributed by atoms with E-state index in [4.69, 9.17) is 13.3 Å². The highest BCUT2D eigenvalue weighted by atomic mass is 32.1. The predicted molar refractivity (Wildman–Crippen MR) is 96.7 cm³/mol. The number of hydrogen-bond acceptors (Lipinski definition) is 4. The molecule has 0 spiro atoms. The summed E-state index contributed by atoms with van der Waals surface area (Å²) >= 11 is 1.82. The Morgan fingerprint density at radius 3 is 1.77 bits per heavy atom. The summed E-state index contributed by atoms with van der Waals surface area (Å²) in [6, 6.07) is 0.908. The van der Waals surface area contributed by atoms with Gasteiger partial charge in [0.2, 0.25) is 0 Å². The van der Waals surface area contributed by atoms with Crippen LogP contribution >= 0.6 is 11.3 Å². The molecular formula is C17H32O3SSi. The average Bonchev–Trinajstić information content (AvgIpc) is 2.93. The van der Waals surface area contributed by atoms with Gasteiger partial charge in [-0.05, 0) is 68.3 Å². The SMILES string of the molecule is CCCCc1cscc1CCC[Si](OCC)(OCC)OCC. The summed E-state index contributed by atoms with van der Waals surface area (Å²) in [6.07, 6.45) is 5.91. The van der Waals surface area contributed by atoms with Crippen molar-refractivity contribution in [3.05, 3.63) is 21.9 Å². The van der Waals surface area contributed by atoms with Crippen LogP contribution in [0.5, 0.6) is 0 Å². The lowest BCUT2D eigenvalue weighted by atomic mass is 10.0. The first-order valence-corrected chi connectivity index (χ1v) is 11.5. The maximum Gasteiger partial charge on any atom is 0.500 e. The first-order valence-electron chi connectivity index (χ1n) is 8.67. The van der Waals surface area contributed by atoms with Gasteiger partial charge in [-0.15, -0.1) is 0 Å². The van der Waals surface area contributed by atoms with E-state index < -0.39 is 8.80 Å². The Morgan fingerprint density at radius 2 is 1.32 bits per heavy atom. The molecular weight excluding hydrogens is 312 g/mol. The molecule has 0 bridgehead atoms. The van der Waals surface area contributed by atoms with Gasteiger partial charge in [0.1, 0.15) is 0 Å². The highest BCUT2D eigenvalue weighted by Gasteiger charge is 2.39. The number of rotatable bonds is 13. The Balaban J connectivity index is 2.56. The van der Waals surface area contributed by atoms with E-state index in [0.29, 0.717) is 19.8 Å². The molecule has 0 aliphatic carbocycles. The lowest BCUT2D eigenvalue weighted by Crippen LogP contribution is -2.46. The second kappa shape index (κ2) is 11.4. The maximum atomic E-state index is 5.92. The smallest absolute Gasteiger partial charge is 0.374 e. The first-order chi connectivity index (χ1) is 10.7. The van der Waals surface area contributed by atoms with Crippen LogP contribution in [0.2, 0.25) is 6.04 Å². The first kappa shape index (κ1) is 19.8. The minimum Gasteiger partial charge on any atom is -0.374 e. The van der Waals surface area contributed by atoms with Gasteiger partial charge in [-0.1, -0.05) is 13.3 Å². The number of unbranched alkanes of at least 4 members (excludes halogenated alkanes) is 1. The summed E-state index contributed by atoms with van der Waals surface area (Å²) in [6.45, 7) is 10.3. The Labute approximate surface area is 141 Å². The van der Waals surface area contributed by atoms with Gasteiger partial charge in [0.15, 0.2) is 0 Å². The molecule has 0 saturated heterocycles. The number of aryl methyl sites for hydroxylation is 2. The van der Waals surface area contributed by atoms with E-state index in [1.807, 2.05) is 32.1 Å². The van der Waals surface area contributed by atoms with Crippen molar-refractivity contribution >= 4 is 20.1 Å². The van der Waals surface area contributed by atoms with Crippen LogP contribution in [0, 0.1) is 0 Å². The molecule has 1 heterocycles. The molecule has 1 aromatic rings. The third kappa shape index (κ3) is 6.50. The third-order valence-electron chi connectivity index (χ3n) is 3.65. The van der Waals surface area contributed by atoms with Crippen LogP contribution in [0.4, 0.5) is 0 Å². The summed E-state index contributed by atoms with van der Waals surface area (Å²) in [5.74, 6) is 0. The van der Waals surface area contributed by atoms with Gasteiger partial charge in [0, 0.05) is 25.9 Å². The molecule has 0 aromatic carbocycles. The molecule has 0 saturated carbocycles. The van der Waals surface area contributed by atoms with Crippen molar-refractivity contribution in [3.8, 4) is 0 Å². The highest BCUT2D eigenvalue weighted by molar-refractivity contribution is 7.08. The van der Waals surface area contributed by atoms with E-state index >= 15 is 0 Å². The fraction of sp³-hybridized carbons (Fsp3) is 0.765. The van der Waals surface area contributed by atoms with Gasteiger partial charge < -0.3 is 13.3 Å². The molecule has 1 rings (SSSR count). The van der Waals surface area contributed by atoms with Crippen molar-refractivity contribution in [1.82, 2.24) is 0 Å². The van der Waals surface area contributed by atoms with E-state index in [-0.39, 0.29) is 0 Å². The monoisotopic (exact) mass is 344 g/mol. The molecule has 128 valence electrons. The third-order valence-corrected chi connectivity index (χ3v) is 7.65. The van der Waals surface area contributed by atoms with Gasteiger partial charge in [-0.25, -0.2) is 0 Å². The van der Waals surface area contributed by atoms with E-state index in [9.17, 15) is 0 Å². The van der Waals surface area contributed by atoms with Crippen molar-refractivity contribution in [3.63, 3.8) is 0 Å². The largest absolute Gasteiger partial charge is 0.500 e. The molecule has 1 aromatic heterocycles. The molecule has 0 radical (unpaired) electrons. The minimum absolute atomic E-state index is 0.659. The van der Waals surface area contributed by atoms with Crippen molar-refractivity contribution in [1.29, 1.82) is 0 Å². The average molecular weight is 345 g/mol. The van der Waals surface area contributed by atoms with Crippen LogP contribution in [-0.2, 0) is 26.1 Å². The Morgan fingerprint density at radius 1 is 0.818 bits per heavy atom. The standard InChI is InChI=1S/C17H32O3SSi/c1-5-9-11-16-14-21-15-17(16)12-10-13-22(18-6-2,19-7-3)20-8-4/h14-15H,5-13H2,1-4H3. The Hall–Kier alpha value is -0.203. The number of hydrogen-bond donors (Lipinski definition) is 0. The lowest BCUT2D eigenvalue weighted by molar-refractivity contribution is 0.0708. The summed E-state index contributed by atoms with van der Waals surface area (Å²) in [5, 5.41) is 4.61. The van der Waals surface area contributed by atoms with Gasteiger partial charge in [0.05, 0.1) is 0 Å². The normalized spacial score (nSPS) is 12.0. The molecule has 0 unspecified atom stereocenters. The lowest BCUT2D eigenvalue weighted by Gasteiger charge is -2.28. The molecule has 5 heteroatoms. The van der Waals surface area contributed by atoms with Crippen LogP contribution in [0.25, 0.3) is 0 Å². The van der Waals surface area contributed by atoms with Crippen LogP contribution in [0.1, 0.15) is 58.1 Å². The second-order valence-electron chi connectivity index (χ2n) is 5.36. The molecule has 3 nitrogen and oxygen atoms in total. The van der Waals surface area contributed by atoms with Gasteiger partial charge in [-0.3, -0.25) is 0 Å². The van der Waals surface area contributed by atoms with Crippen LogP contribution in [0.15, 0.2) is 10.8 Å².